The van der Waals surface area contributed by atoms with Gasteiger partial charge in [-0.2, -0.15) is 5.26 Å². The van der Waals surface area contributed by atoms with Crippen LogP contribution < -0.4 is 0 Å². The fraction of sp³-hybridized carbons (Fsp3) is 0.231. The fourth-order valence-electron chi connectivity index (χ4n) is 1.75. The van der Waals surface area contributed by atoms with Gasteiger partial charge >= 0.3 is 0 Å². The summed E-state index contributed by atoms with van der Waals surface area (Å²) in [7, 11) is 0. The largest absolute Gasteiger partial charge is 0.429 e. The molecule has 0 radical (unpaired) electrons. The Balaban J connectivity index is 2.05. The maximum Gasteiger partial charge on any atom is 0.266 e. The summed E-state index contributed by atoms with van der Waals surface area (Å²) in [6.45, 7) is 0. The van der Waals surface area contributed by atoms with E-state index in [0.29, 0.717) is 11.3 Å². The Morgan fingerprint density at radius 2 is 2.45 bits per heavy atom. The molecule has 2 rings (SSSR count). The highest BCUT2D eigenvalue weighted by Crippen LogP contribution is 2.16. The van der Waals surface area contributed by atoms with Crippen LogP contribution >= 0.6 is 12.2 Å². The number of rotatable bonds is 5. The van der Waals surface area contributed by atoms with E-state index in [1.807, 2.05) is 24.3 Å². The predicted octanol–water partition coefficient (Wildman–Crippen LogP) is 3.14. The van der Waals surface area contributed by atoms with Gasteiger partial charge in [0.25, 0.3) is 4.84 Å². The Hall–Kier alpha value is -1.91. The van der Waals surface area contributed by atoms with Gasteiger partial charge in [0, 0.05) is 6.26 Å². The topological polar surface area (TPSA) is 79.0 Å². The van der Waals surface area contributed by atoms with Crippen LogP contribution in [0.5, 0.6) is 0 Å². The summed E-state index contributed by atoms with van der Waals surface area (Å²) in [6, 6.07) is 7.60. The van der Waals surface area contributed by atoms with Crippen LogP contribution in [0.2, 0.25) is 0 Å². The van der Waals surface area contributed by atoms with Gasteiger partial charge in [-0.25, -0.2) is 4.21 Å². The van der Waals surface area contributed by atoms with Crippen molar-refractivity contribution in [2.45, 2.75) is 12.8 Å². The van der Waals surface area contributed by atoms with E-state index in [2.05, 4.69) is 4.98 Å². The fourth-order valence-corrected chi connectivity index (χ4v) is 2.31. The minimum atomic E-state index is -1.48. The first kappa shape index (κ1) is 14.5. The average Bonchev–Trinajstić information content (AvgIpc) is 2.76. The van der Waals surface area contributed by atoms with E-state index in [0.717, 1.165) is 23.1 Å². The van der Waals surface area contributed by atoms with E-state index in [1.54, 1.807) is 6.08 Å². The molecule has 0 aliphatic carbocycles. The number of aryl methyl sites for hydroxylation is 1. The Bertz CT molecular complexity index is 768. The molecule has 1 heterocycles. The summed E-state index contributed by atoms with van der Waals surface area (Å²) >= 11 is 3.44. The van der Waals surface area contributed by atoms with E-state index >= 15 is 0 Å². The summed E-state index contributed by atoms with van der Waals surface area (Å²) in [5.74, 6) is 0.0784. The molecule has 20 heavy (non-hydrogen) atoms. The maximum absolute atomic E-state index is 10.9. The Morgan fingerprint density at radius 1 is 1.65 bits per heavy atom. The molecule has 1 aromatic heterocycles. The van der Waals surface area contributed by atoms with Crippen molar-refractivity contribution < 1.29 is 12.8 Å². The molecule has 0 saturated heterocycles. The molecular weight excluding hydrogens is 296 g/mol. The zero-order valence-corrected chi connectivity index (χ0v) is 12.3. The number of H-pyrrole nitrogens is 1. The normalized spacial score (nSPS) is 13.1. The van der Waals surface area contributed by atoms with Crippen LogP contribution in [0, 0.1) is 16.2 Å². The van der Waals surface area contributed by atoms with E-state index in [4.69, 9.17) is 26.1 Å². The van der Waals surface area contributed by atoms with Gasteiger partial charge < -0.3 is 13.6 Å². The Morgan fingerprint density at radius 3 is 3.15 bits per heavy atom. The molecule has 0 bridgehead atoms. The van der Waals surface area contributed by atoms with Crippen molar-refractivity contribution in [3.05, 3.63) is 40.4 Å². The van der Waals surface area contributed by atoms with Gasteiger partial charge in [-0.05, 0) is 48.8 Å². The lowest BCUT2D eigenvalue weighted by molar-refractivity contribution is 0.478. The van der Waals surface area contributed by atoms with Gasteiger partial charge in [-0.1, -0.05) is 6.07 Å². The first-order chi connectivity index (χ1) is 9.58. The number of hydrogen-bond acceptors (Lipinski definition) is 5. The van der Waals surface area contributed by atoms with Crippen molar-refractivity contribution in [1.82, 2.24) is 4.98 Å². The lowest BCUT2D eigenvalue weighted by Gasteiger charge is -2.00. The van der Waals surface area contributed by atoms with Crippen molar-refractivity contribution >= 4 is 34.4 Å². The molecule has 5 nitrogen and oxygen atoms in total. The lowest BCUT2D eigenvalue weighted by atomic mass is 10.1. The SMILES string of the molecule is CS(=O)O/C(C#N)=C\CCc1ccc2oc(=S)[nH]c2c1. The highest BCUT2D eigenvalue weighted by molar-refractivity contribution is 7.79. The van der Waals surface area contributed by atoms with E-state index in [9.17, 15) is 4.21 Å². The standard InChI is InChI=1S/C13H12N2O3S2/c1-20(16)18-10(8-14)4-2-3-9-5-6-12-11(7-9)15-13(19)17-12/h4-7H,2-3H2,1H3,(H,15,19)/b10-4-. The number of benzene rings is 1. The van der Waals surface area contributed by atoms with Gasteiger partial charge in [-0.15, -0.1) is 0 Å². The summed E-state index contributed by atoms with van der Waals surface area (Å²) in [5.41, 5.74) is 2.65. The Labute approximate surface area is 123 Å². The molecule has 0 aliphatic heterocycles. The van der Waals surface area contributed by atoms with Crippen LogP contribution in [0.1, 0.15) is 12.0 Å². The minimum absolute atomic E-state index is 0.0784. The average molecular weight is 308 g/mol. The van der Waals surface area contributed by atoms with Crippen LogP contribution in [0.4, 0.5) is 0 Å². The molecule has 2 aromatic rings. The quantitative estimate of drug-likeness (QED) is 0.521. The second-order valence-electron chi connectivity index (χ2n) is 4.05. The molecule has 104 valence electrons. The van der Waals surface area contributed by atoms with E-state index in [-0.39, 0.29) is 5.76 Å². The summed E-state index contributed by atoms with van der Waals surface area (Å²) in [4.78, 5) is 3.30. The number of nitrogens with one attached hydrogen (secondary N) is 1. The van der Waals surface area contributed by atoms with Crippen LogP contribution in [0.25, 0.3) is 11.1 Å². The number of aromatic nitrogens is 1. The minimum Gasteiger partial charge on any atom is -0.429 e. The molecule has 1 unspecified atom stereocenters. The first-order valence-corrected chi connectivity index (χ1v) is 7.71. The van der Waals surface area contributed by atoms with Gasteiger partial charge in [-0.3, -0.25) is 0 Å². The van der Waals surface area contributed by atoms with Crippen molar-refractivity contribution in [2.75, 3.05) is 6.26 Å². The van der Waals surface area contributed by atoms with Crippen LogP contribution in [0.3, 0.4) is 0 Å². The molecule has 0 fully saturated rings. The zero-order chi connectivity index (χ0) is 14.5. The highest BCUT2D eigenvalue weighted by Gasteiger charge is 2.02. The van der Waals surface area contributed by atoms with Crippen LogP contribution in [-0.2, 0) is 21.7 Å². The third-order valence-electron chi connectivity index (χ3n) is 2.56. The third kappa shape index (κ3) is 3.79. The number of fused-ring (bicyclic) bond motifs is 1. The number of oxazole rings is 1. The van der Waals surface area contributed by atoms with Crippen molar-refractivity contribution in [3.8, 4) is 6.07 Å². The summed E-state index contributed by atoms with van der Waals surface area (Å²) in [5, 5.41) is 8.81. The number of nitriles is 1. The molecule has 1 atom stereocenters. The molecular formula is C13H12N2O3S2. The number of nitrogens with zero attached hydrogens (tertiary/aromatic N) is 1. The second-order valence-corrected chi connectivity index (χ2v) is 5.39. The second kappa shape index (κ2) is 6.50. The highest BCUT2D eigenvalue weighted by atomic mass is 32.2. The van der Waals surface area contributed by atoms with E-state index < -0.39 is 11.1 Å². The van der Waals surface area contributed by atoms with Gasteiger partial charge in [0.05, 0.1) is 5.52 Å². The van der Waals surface area contributed by atoms with Crippen molar-refractivity contribution in [3.63, 3.8) is 0 Å². The van der Waals surface area contributed by atoms with Crippen molar-refractivity contribution in [1.29, 1.82) is 5.26 Å². The molecule has 1 aromatic carbocycles. The predicted molar refractivity (Wildman–Crippen MR) is 78.6 cm³/mol. The molecule has 0 spiro atoms. The van der Waals surface area contributed by atoms with E-state index in [1.165, 1.54) is 6.26 Å². The lowest BCUT2D eigenvalue weighted by Crippen LogP contribution is -1.93. The molecule has 0 amide bonds. The molecule has 7 heteroatoms. The zero-order valence-electron chi connectivity index (χ0n) is 10.7. The summed E-state index contributed by atoms with van der Waals surface area (Å²) in [6.07, 6.45) is 4.35. The van der Waals surface area contributed by atoms with Crippen LogP contribution in [-0.4, -0.2) is 15.4 Å². The monoisotopic (exact) mass is 308 g/mol. The smallest absolute Gasteiger partial charge is 0.266 e. The Kier molecular flexibility index (Phi) is 4.71. The van der Waals surface area contributed by atoms with Gasteiger partial charge in [0.1, 0.15) is 6.07 Å². The number of aromatic amines is 1. The number of hydrogen-bond donors (Lipinski definition) is 1. The number of allylic oxidation sites excluding steroid dienone is 2. The van der Waals surface area contributed by atoms with Crippen LogP contribution in [0.15, 0.2) is 34.5 Å². The first-order valence-electron chi connectivity index (χ1n) is 5.82. The molecule has 1 N–H and O–H groups in total. The van der Waals surface area contributed by atoms with Crippen molar-refractivity contribution in [2.24, 2.45) is 0 Å². The summed E-state index contributed by atoms with van der Waals surface area (Å²) < 4.78 is 21.0. The third-order valence-corrected chi connectivity index (χ3v) is 3.16. The van der Waals surface area contributed by atoms with Gasteiger partial charge in [0.2, 0.25) is 16.8 Å². The maximum atomic E-state index is 10.9. The molecule has 0 aliphatic rings. The van der Waals surface area contributed by atoms with Gasteiger partial charge in [0.15, 0.2) is 5.58 Å². The molecule has 0 saturated carbocycles.